The van der Waals surface area contributed by atoms with Crippen molar-refractivity contribution < 1.29 is 15.1 Å². The van der Waals surface area contributed by atoms with E-state index in [1.807, 2.05) is 46.9 Å². The second-order valence-electron chi connectivity index (χ2n) is 5.12. The Hall–Kier alpha value is -1.10. The van der Waals surface area contributed by atoms with Gasteiger partial charge in [-0.05, 0) is 64.6 Å². The molecule has 0 saturated heterocycles. The molecule has 0 aliphatic heterocycles. The zero-order chi connectivity index (χ0) is 18.9. The van der Waals surface area contributed by atoms with E-state index in [9.17, 15) is 9.90 Å². The highest BCUT2D eigenvalue weighted by molar-refractivity contribution is 14.1. The van der Waals surface area contributed by atoms with Gasteiger partial charge >= 0.3 is 0 Å². The van der Waals surface area contributed by atoms with Gasteiger partial charge in [-0.2, -0.15) is 0 Å². The number of carbonyl (C=O) groups is 1. The maximum Gasteiger partial charge on any atom is 0.269 e. The number of benzene rings is 2. The molecule has 26 heavy (non-hydrogen) atoms. The summed E-state index contributed by atoms with van der Waals surface area (Å²) in [7, 11) is 3.21. The monoisotopic (exact) mass is 522 g/mol. The molecule has 3 N–H and O–H groups in total. The molecule has 2 aromatic rings. The summed E-state index contributed by atoms with van der Waals surface area (Å²) < 4.78 is 0.674. The van der Waals surface area contributed by atoms with E-state index >= 15 is 0 Å². The molecule has 9 heteroatoms. The van der Waals surface area contributed by atoms with Crippen LogP contribution in [0.4, 0.5) is 0 Å². The van der Waals surface area contributed by atoms with Gasteiger partial charge in [0.25, 0.3) is 5.91 Å². The van der Waals surface area contributed by atoms with E-state index < -0.39 is 5.91 Å². The number of hydrogen-bond donors (Lipinski definition) is 3. The largest absolute Gasteiger partial charge is 0.507 e. The van der Waals surface area contributed by atoms with Crippen molar-refractivity contribution in [1.29, 1.82) is 0 Å². The van der Waals surface area contributed by atoms with Crippen molar-refractivity contribution in [3.63, 3.8) is 0 Å². The third-order valence-electron chi connectivity index (χ3n) is 3.21. The number of hydrogen-bond acceptors (Lipinski definition) is 6. The molecule has 0 spiro atoms. The van der Waals surface area contributed by atoms with Crippen LogP contribution in [0.1, 0.15) is 5.56 Å². The van der Waals surface area contributed by atoms with Crippen molar-refractivity contribution >= 4 is 67.4 Å². The van der Waals surface area contributed by atoms with Crippen LogP contribution >= 0.6 is 55.8 Å². The van der Waals surface area contributed by atoms with Crippen molar-refractivity contribution in [3.05, 3.63) is 56.6 Å². The average molecular weight is 523 g/mol. The number of aromatic hydroxyl groups is 1. The highest BCUT2D eigenvalue weighted by Crippen LogP contribution is 2.31. The molecule has 0 heterocycles. The zero-order valence-corrected chi connectivity index (χ0v) is 18.0. The lowest BCUT2D eigenvalue weighted by molar-refractivity contribution is -0.114. The summed E-state index contributed by atoms with van der Waals surface area (Å²) >= 11 is 7.84. The van der Waals surface area contributed by atoms with Crippen molar-refractivity contribution in [3.8, 4) is 5.75 Å². The Morgan fingerprint density at radius 2 is 1.96 bits per heavy atom. The molecule has 0 radical (unpaired) electrons. The number of nitrogens with zero attached hydrogens (tertiary/aromatic N) is 1. The Labute approximate surface area is 178 Å². The van der Waals surface area contributed by atoms with E-state index in [4.69, 9.17) is 16.8 Å². The van der Waals surface area contributed by atoms with Crippen LogP contribution in [-0.2, 0) is 11.2 Å². The Bertz CT molecular complexity index is 788. The van der Waals surface area contributed by atoms with E-state index in [1.165, 1.54) is 0 Å². The second kappa shape index (κ2) is 10.9. The fourth-order valence-corrected chi connectivity index (χ4v) is 4.52. The number of oxime groups is 1. The van der Waals surface area contributed by atoms with Gasteiger partial charge in [0.1, 0.15) is 11.5 Å². The summed E-state index contributed by atoms with van der Waals surface area (Å²) in [5.41, 5.74) is 0.810. The third-order valence-corrected chi connectivity index (χ3v) is 6.71. The molecule has 0 atom stereocenters. The predicted molar refractivity (Wildman–Crippen MR) is 117 cm³/mol. The molecule has 5 nitrogen and oxygen atoms in total. The van der Waals surface area contributed by atoms with E-state index in [0.29, 0.717) is 20.9 Å². The molecule has 0 saturated carbocycles. The van der Waals surface area contributed by atoms with Gasteiger partial charge < -0.3 is 15.6 Å². The lowest BCUT2D eigenvalue weighted by atomic mass is 10.1. The van der Waals surface area contributed by atoms with E-state index in [2.05, 4.69) is 10.5 Å². The molecule has 2 aromatic carbocycles. The molecule has 0 aliphatic carbocycles. The van der Waals surface area contributed by atoms with Gasteiger partial charge in [-0.15, -0.1) is 0 Å². The normalized spacial score (nSPS) is 11.4. The van der Waals surface area contributed by atoms with Crippen LogP contribution in [0.2, 0.25) is 5.02 Å². The first-order chi connectivity index (χ1) is 12.5. The smallest absolute Gasteiger partial charge is 0.269 e. The number of carbonyl (C=O) groups excluding carboxylic acids is 1. The van der Waals surface area contributed by atoms with E-state index in [-0.39, 0.29) is 17.9 Å². The summed E-state index contributed by atoms with van der Waals surface area (Å²) in [4.78, 5) is 13.2. The maximum atomic E-state index is 12.1. The van der Waals surface area contributed by atoms with Crippen LogP contribution in [0.5, 0.6) is 5.75 Å². The van der Waals surface area contributed by atoms with Crippen LogP contribution < -0.4 is 5.32 Å². The minimum absolute atomic E-state index is 0.0295. The Balaban J connectivity index is 1.74. The highest BCUT2D eigenvalue weighted by atomic mass is 127. The average Bonchev–Trinajstić information content (AvgIpc) is 2.63. The molecule has 0 bridgehead atoms. The molecule has 0 unspecified atom stereocenters. The van der Waals surface area contributed by atoms with E-state index in [0.717, 1.165) is 10.5 Å². The summed E-state index contributed by atoms with van der Waals surface area (Å²) in [6, 6.07) is 12.5. The molecule has 0 fully saturated rings. The van der Waals surface area contributed by atoms with Crippen molar-refractivity contribution in [2.75, 3.05) is 12.3 Å². The molecule has 2 rings (SSSR count). The number of halogens is 2. The van der Waals surface area contributed by atoms with Gasteiger partial charge in [-0.25, -0.2) is 0 Å². The third kappa shape index (κ3) is 6.90. The molecule has 1 amide bonds. The fraction of sp³-hybridized carbons (Fsp3) is 0.176. The number of rotatable bonds is 8. The first-order valence-corrected chi connectivity index (χ1v) is 11.3. The summed E-state index contributed by atoms with van der Waals surface area (Å²) in [6.45, 7) is 0.455. The molecular formula is C17H16ClIN2O3S2. The van der Waals surface area contributed by atoms with Gasteiger partial charge in [-0.1, -0.05) is 44.4 Å². The predicted octanol–water partition coefficient (Wildman–Crippen LogP) is 4.58. The van der Waals surface area contributed by atoms with Crippen molar-refractivity contribution in [1.82, 2.24) is 5.32 Å². The zero-order valence-electron chi connectivity index (χ0n) is 13.5. The lowest BCUT2D eigenvalue weighted by Crippen LogP contribution is -2.33. The summed E-state index contributed by atoms with van der Waals surface area (Å²) in [6.07, 6.45) is 0.186. The highest BCUT2D eigenvalue weighted by Gasteiger charge is 2.13. The number of amides is 1. The van der Waals surface area contributed by atoms with Gasteiger partial charge in [0.2, 0.25) is 0 Å². The van der Waals surface area contributed by atoms with Crippen LogP contribution in [-0.4, -0.2) is 34.2 Å². The molecule has 138 valence electrons. The molecule has 0 aliphatic rings. The summed E-state index contributed by atoms with van der Waals surface area (Å²) in [5, 5.41) is 25.2. The van der Waals surface area contributed by atoms with Crippen molar-refractivity contribution in [2.45, 2.75) is 11.3 Å². The standard InChI is InChI=1S/C17H16ClIN2O3S2/c18-12-2-4-13(5-3-12)26-25-8-7-20-17(23)15(21-24)10-11-1-6-16(22)14(19)9-11/h1-6,9,22,24H,7-8,10H2,(H,20,23)/b21-15+. The minimum atomic E-state index is -0.410. The summed E-state index contributed by atoms with van der Waals surface area (Å²) in [5.74, 6) is 0.471. The van der Waals surface area contributed by atoms with Crippen LogP contribution in [0, 0.1) is 3.57 Å². The van der Waals surface area contributed by atoms with Crippen LogP contribution in [0.15, 0.2) is 52.5 Å². The first kappa shape index (κ1) is 21.2. The van der Waals surface area contributed by atoms with Crippen LogP contribution in [0.25, 0.3) is 0 Å². The topological polar surface area (TPSA) is 81.9 Å². The van der Waals surface area contributed by atoms with Gasteiger partial charge in [0.15, 0.2) is 0 Å². The minimum Gasteiger partial charge on any atom is -0.507 e. The Kier molecular flexibility index (Phi) is 8.89. The van der Waals surface area contributed by atoms with Crippen molar-refractivity contribution in [2.24, 2.45) is 5.16 Å². The number of phenols is 1. The van der Waals surface area contributed by atoms with Gasteiger partial charge in [0, 0.05) is 28.6 Å². The second-order valence-corrected chi connectivity index (χ2v) is 9.21. The quantitative estimate of drug-likeness (QED) is 0.118. The fourth-order valence-electron chi connectivity index (χ4n) is 1.92. The maximum absolute atomic E-state index is 12.1. The van der Waals surface area contributed by atoms with Gasteiger partial charge in [-0.3, -0.25) is 4.79 Å². The first-order valence-electron chi connectivity index (χ1n) is 7.51. The van der Waals surface area contributed by atoms with Crippen LogP contribution in [0.3, 0.4) is 0 Å². The Morgan fingerprint density at radius 1 is 1.23 bits per heavy atom. The van der Waals surface area contributed by atoms with Gasteiger partial charge in [0.05, 0.1) is 3.57 Å². The Morgan fingerprint density at radius 3 is 2.62 bits per heavy atom. The van der Waals surface area contributed by atoms with E-state index in [1.54, 1.807) is 39.8 Å². The number of phenolic OH excluding ortho intramolecular Hbond substituents is 1. The SMILES string of the molecule is O=C(NCCSSc1ccc(Cl)cc1)/C(Cc1ccc(O)c(I)c1)=N/O. The molecule has 0 aromatic heterocycles. The number of nitrogens with one attached hydrogen (secondary N) is 1. The molecular weight excluding hydrogens is 507 g/mol. The lowest BCUT2D eigenvalue weighted by Gasteiger charge is -2.07.